The largest absolute Gasteiger partial charge is 0.481 e. The average molecular weight is 1570 g/mol. The molecule has 8 amide bonds. The zero-order valence-corrected chi connectivity index (χ0v) is 61.5. The predicted octanol–water partition coefficient (Wildman–Crippen LogP) is 5.04. The van der Waals surface area contributed by atoms with E-state index in [-0.39, 0.29) is 90.3 Å². The van der Waals surface area contributed by atoms with Gasteiger partial charge in [-0.25, -0.2) is 33.5 Å². The van der Waals surface area contributed by atoms with Crippen molar-refractivity contribution in [3.63, 3.8) is 0 Å². The summed E-state index contributed by atoms with van der Waals surface area (Å²) in [5, 5.41) is 25.8. The van der Waals surface area contributed by atoms with Crippen LogP contribution in [-0.2, 0) is 81.2 Å². The first kappa shape index (κ1) is 91.3. The van der Waals surface area contributed by atoms with Gasteiger partial charge in [0.2, 0.25) is 11.8 Å². The number of carbonyl (C=O) groups is 15. The van der Waals surface area contributed by atoms with Crippen LogP contribution in [0.25, 0.3) is 0 Å². The highest BCUT2D eigenvalue weighted by atomic mass is 79.9. The molecule has 97 heavy (non-hydrogen) atoms. The van der Waals surface area contributed by atoms with Crippen LogP contribution in [0.1, 0.15) is 147 Å². The summed E-state index contributed by atoms with van der Waals surface area (Å²) in [6.45, 7) is 25.2. The SMILES string of the molecule is CC(C)(C)OC(=O)n1ccnc1.CCCN(CCNC(=O)OC(C)(C)C)C(=O)CCC(=O)O.CCCNCCNC(=O)OC(C)(C)C.NCCCCCN.O=C(O)CCC(=O)N(CCN1C(=O)C=C(Br)C1=O)CCN1C(=O)C=C(Br)C1=O.O=C1C=C(Br)C(=O)O1.O=C1CCC(=O)O1. The van der Waals surface area contributed by atoms with E-state index in [9.17, 15) is 71.9 Å². The van der Waals surface area contributed by atoms with Gasteiger partial charge in [-0.2, -0.15) is 0 Å². The van der Waals surface area contributed by atoms with Crippen molar-refractivity contribution in [3.8, 4) is 0 Å². The molecule has 0 unspecified atom stereocenters. The lowest BCUT2D eigenvalue weighted by Crippen LogP contribution is -2.45. The fourth-order valence-electron chi connectivity index (χ4n) is 6.94. The first-order valence-electron chi connectivity index (χ1n) is 30.7. The van der Waals surface area contributed by atoms with Crippen molar-refractivity contribution in [2.75, 3.05) is 78.5 Å². The molecule has 5 heterocycles. The third-order valence-corrected chi connectivity index (χ3v) is 13.0. The maximum atomic E-state index is 12.4. The highest BCUT2D eigenvalue weighted by Gasteiger charge is 2.33. The summed E-state index contributed by atoms with van der Waals surface area (Å²) >= 11 is 8.74. The second kappa shape index (κ2) is 48.8. The number of carboxylic acids is 2. The minimum Gasteiger partial charge on any atom is -0.481 e. The molecule has 4 aliphatic heterocycles. The fraction of sp³-hybridized carbons (Fsp3) is 0.607. The summed E-state index contributed by atoms with van der Waals surface area (Å²) in [6.07, 6.45) is 11.5. The van der Waals surface area contributed by atoms with Gasteiger partial charge in [-0.3, -0.25) is 57.7 Å². The molecule has 546 valence electrons. The Morgan fingerprint density at radius 1 is 0.567 bits per heavy atom. The van der Waals surface area contributed by atoms with Gasteiger partial charge in [-0.15, -0.1) is 0 Å². The van der Waals surface area contributed by atoms with Crippen LogP contribution in [0.4, 0.5) is 14.4 Å². The smallest absolute Gasteiger partial charge is 0.419 e. The van der Waals surface area contributed by atoms with Gasteiger partial charge in [0.15, 0.2) is 0 Å². The number of esters is 4. The van der Waals surface area contributed by atoms with E-state index in [0.29, 0.717) is 19.6 Å². The van der Waals surface area contributed by atoms with Crippen LogP contribution in [0, 0.1) is 0 Å². The van der Waals surface area contributed by atoms with Crippen LogP contribution in [0.2, 0.25) is 0 Å². The number of hydrogen-bond acceptors (Lipinski definition) is 24. The molecule has 9 N–H and O–H groups in total. The lowest BCUT2D eigenvalue weighted by atomic mass is 10.2. The van der Waals surface area contributed by atoms with Crippen molar-refractivity contribution in [1.29, 1.82) is 0 Å². The first-order valence-corrected chi connectivity index (χ1v) is 33.1. The number of amides is 8. The second-order valence-electron chi connectivity index (χ2n) is 23.4. The highest BCUT2D eigenvalue weighted by molar-refractivity contribution is 9.12. The van der Waals surface area contributed by atoms with Crippen molar-refractivity contribution in [2.45, 2.75) is 164 Å². The van der Waals surface area contributed by atoms with Crippen molar-refractivity contribution in [1.82, 2.24) is 45.1 Å². The van der Waals surface area contributed by atoms with E-state index in [4.69, 9.17) is 35.9 Å². The highest BCUT2D eigenvalue weighted by Crippen LogP contribution is 2.20. The number of unbranched alkanes of at least 4 members (excludes halogenated alkanes) is 2. The molecule has 1 fully saturated rings. The lowest BCUT2D eigenvalue weighted by Gasteiger charge is -2.26. The molecule has 0 atom stereocenters. The van der Waals surface area contributed by atoms with Gasteiger partial charge < -0.3 is 71.1 Å². The summed E-state index contributed by atoms with van der Waals surface area (Å²) in [5.41, 5.74) is 9.02. The molecular weight excluding hydrogens is 1480 g/mol. The number of cyclic esters (lactones) is 4. The molecule has 1 aromatic rings. The Balaban J connectivity index is 0. The molecule has 0 aliphatic carbocycles. The van der Waals surface area contributed by atoms with Crippen LogP contribution in [0.15, 0.2) is 50.4 Å². The van der Waals surface area contributed by atoms with E-state index in [2.05, 4.69) is 85.1 Å². The molecular formula is C61H94Br3N11O22. The number of carboxylic acid groups (broad SMARTS) is 2. The summed E-state index contributed by atoms with van der Waals surface area (Å²) in [6, 6.07) is 0. The van der Waals surface area contributed by atoms with Gasteiger partial charge in [0, 0.05) is 102 Å². The number of halogens is 3. The number of nitrogens with zero attached hydrogens (tertiary/aromatic N) is 6. The normalized spacial score (nSPS) is 13.8. The lowest BCUT2D eigenvalue weighted by molar-refractivity contribution is -0.153. The number of aliphatic carboxylic acids is 2. The number of hydrogen-bond donors (Lipinski definition) is 7. The number of alkyl carbamates (subject to hydrolysis) is 2. The Morgan fingerprint density at radius 3 is 1.32 bits per heavy atom. The maximum absolute atomic E-state index is 12.4. The molecule has 5 rings (SSSR count). The Kier molecular flexibility index (Phi) is 45.9. The van der Waals surface area contributed by atoms with Crippen LogP contribution < -0.4 is 27.4 Å². The summed E-state index contributed by atoms with van der Waals surface area (Å²) < 4.78 is 25.0. The molecule has 0 radical (unpaired) electrons. The van der Waals surface area contributed by atoms with Gasteiger partial charge in [0.25, 0.3) is 23.6 Å². The zero-order chi connectivity index (χ0) is 74.6. The molecule has 36 heteroatoms. The van der Waals surface area contributed by atoms with Gasteiger partial charge in [0.05, 0.1) is 34.6 Å². The van der Waals surface area contributed by atoms with E-state index in [1.165, 1.54) is 28.4 Å². The second-order valence-corrected chi connectivity index (χ2v) is 25.9. The maximum Gasteiger partial charge on any atom is 0.419 e. The van der Waals surface area contributed by atoms with Gasteiger partial charge in [-0.05, 0) is 155 Å². The van der Waals surface area contributed by atoms with E-state index >= 15 is 0 Å². The summed E-state index contributed by atoms with van der Waals surface area (Å²) in [7, 11) is 0. The van der Waals surface area contributed by atoms with Crippen LogP contribution >= 0.6 is 47.8 Å². The number of nitrogens with one attached hydrogen (secondary N) is 3. The molecule has 0 bridgehead atoms. The Bertz CT molecular complexity index is 2830. The van der Waals surface area contributed by atoms with E-state index < -0.39 is 101 Å². The van der Waals surface area contributed by atoms with Gasteiger partial charge >= 0.3 is 54.1 Å². The number of ether oxygens (including phenoxy) is 5. The van der Waals surface area contributed by atoms with Crippen LogP contribution in [0.5, 0.6) is 0 Å². The predicted molar refractivity (Wildman–Crippen MR) is 361 cm³/mol. The third kappa shape index (κ3) is 46.1. The van der Waals surface area contributed by atoms with Gasteiger partial charge in [-0.1, -0.05) is 20.3 Å². The number of rotatable bonds is 26. The van der Waals surface area contributed by atoms with Crippen molar-refractivity contribution in [3.05, 3.63) is 50.4 Å². The zero-order valence-electron chi connectivity index (χ0n) is 56.8. The third-order valence-electron chi connectivity index (χ3n) is 11.3. The molecule has 0 spiro atoms. The molecule has 0 aromatic carbocycles. The number of imide groups is 2. The minimum absolute atomic E-state index is 0.0260. The summed E-state index contributed by atoms with van der Waals surface area (Å²) in [5.74, 6) is -7.06. The standard InChI is InChI=1S/C16H15Br2N3O7.C14H26N2O5.C10H22N2O2.C8H12N2O2.C5H14N2.C4HBrO3.C4H4O3/c17-9-7-12(23)20(15(9)27)5-3-19(11(22)1-2-14(25)26)4-6-21-13(24)8-10(18)16(21)28;1-5-9-16(11(17)6-7-12(18)19)10-8-15-13(20)21-14(2,3)4;1-5-6-11-7-8-12-9(13)14-10(2,3)4;1-8(2,3)12-7(11)10-5-4-9-6-10;6-4-2-1-3-5-7;5-2-1-3(6)8-4(2)7;5-3-1-2-4(6)7-3/h7-8H,1-6H2,(H,25,26);5-10H2,1-4H3,(H,15,20)(H,18,19);11H,5-8H2,1-4H3,(H,12,13);4-6H,1-3H3;1-7H2;1H;1-2H2. The number of carbonyl (C=O) groups excluding carboxylic acids is 13. The van der Waals surface area contributed by atoms with Gasteiger partial charge in [0.1, 0.15) is 27.6 Å². The van der Waals surface area contributed by atoms with E-state index in [0.717, 1.165) is 79.9 Å². The van der Waals surface area contributed by atoms with Crippen LogP contribution in [-0.4, -0.2) is 224 Å². The van der Waals surface area contributed by atoms with Crippen molar-refractivity contribution >= 4 is 137 Å². The minimum atomic E-state index is -1.15. The fourth-order valence-corrected chi connectivity index (χ4v) is 8.03. The monoisotopic (exact) mass is 1570 g/mol. The number of aromatic nitrogens is 2. The Hall–Kier alpha value is -7.80. The van der Waals surface area contributed by atoms with Crippen molar-refractivity contribution in [2.24, 2.45) is 11.5 Å². The van der Waals surface area contributed by atoms with E-state index in [1.54, 1.807) is 31.9 Å². The first-order chi connectivity index (χ1) is 45.1. The molecule has 0 saturated carbocycles. The molecule has 4 aliphatic rings. The molecule has 33 nitrogen and oxygen atoms in total. The van der Waals surface area contributed by atoms with Crippen LogP contribution in [0.3, 0.4) is 0 Å². The molecule has 1 aromatic heterocycles. The average Bonchev–Trinajstić information content (AvgIpc) is 1.72. The number of nitrogens with two attached hydrogens (primary N) is 2. The quantitative estimate of drug-likeness (QED) is 0.0210. The van der Waals surface area contributed by atoms with E-state index in [1.807, 2.05) is 48.5 Å². The topological polar surface area (TPSA) is 462 Å². The Labute approximate surface area is 589 Å². The molecule has 1 saturated heterocycles. The Morgan fingerprint density at radius 2 is 1.01 bits per heavy atom. The number of imidazole rings is 1. The summed E-state index contributed by atoms with van der Waals surface area (Å²) in [4.78, 5) is 175. The van der Waals surface area contributed by atoms with Crippen molar-refractivity contribution < 1.29 is 106 Å².